The SMILES string of the molecule is CCn1cc(C(C)CCn2cc(C(C)C)cc2C)cc1C. The molecule has 0 spiro atoms. The largest absolute Gasteiger partial charge is 0.352 e. The van der Waals surface area contributed by atoms with Gasteiger partial charge in [-0.3, -0.25) is 0 Å². The number of nitrogens with zero attached hydrogens (tertiary/aromatic N) is 2. The summed E-state index contributed by atoms with van der Waals surface area (Å²) in [6, 6.07) is 4.67. The molecule has 2 heterocycles. The van der Waals surface area contributed by atoms with Crippen LogP contribution in [0.2, 0.25) is 0 Å². The maximum atomic E-state index is 2.41. The summed E-state index contributed by atoms with van der Waals surface area (Å²) in [5.41, 5.74) is 5.68. The lowest BCUT2D eigenvalue weighted by molar-refractivity contribution is 0.567. The van der Waals surface area contributed by atoms with Gasteiger partial charge in [0.2, 0.25) is 0 Å². The fraction of sp³-hybridized carbons (Fsp3) is 0.579. The molecule has 0 saturated carbocycles. The van der Waals surface area contributed by atoms with E-state index in [0.29, 0.717) is 11.8 Å². The molecule has 0 aliphatic carbocycles. The van der Waals surface area contributed by atoms with Crippen molar-refractivity contribution in [3.63, 3.8) is 0 Å². The molecule has 0 aliphatic heterocycles. The third-order valence-corrected chi connectivity index (χ3v) is 4.65. The van der Waals surface area contributed by atoms with Crippen LogP contribution in [0, 0.1) is 13.8 Å². The topological polar surface area (TPSA) is 9.86 Å². The van der Waals surface area contributed by atoms with Gasteiger partial charge in [-0.1, -0.05) is 20.8 Å². The summed E-state index contributed by atoms with van der Waals surface area (Å²) >= 11 is 0. The lowest BCUT2D eigenvalue weighted by Gasteiger charge is -2.12. The highest BCUT2D eigenvalue weighted by atomic mass is 15.0. The van der Waals surface area contributed by atoms with Gasteiger partial charge < -0.3 is 9.13 Å². The van der Waals surface area contributed by atoms with E-state index in [9.17, 15) is 0 Å². The van der Waals surface area contributed by atoms with Crippen molar-refractivity contribution in [2.75, 3.05) is 0 Å². The van der Waals surface area contributed by atoms with Gasteiger partial charge in [-0.15, -0.1) is 0 Å². The van der Waals surface area contributed by atoms with Gasteiger partial charge in [0.1, 0.15) is 0 Å². The van der Waals surface area contributed by atoms with Crippen molar-refractivity contribution < 1.29 is 0 Å². The summed E-state index contributed by atoms with van der Waals surface area (Å²) < 4.78 is 4.75. The van der Waals surface area contributed by atoms with E-state index in [2.05, 4.69) is 75.2 Å². The Labute approximate surface area is 129 Å². The van der Waals surface area contributed by atoms with Crippen LogP contribution in [0.5, 0.6) is 0 Å². The Kier molecular flexibility index (Phi) is 4.97. The molecule has 21 heavy (non-hydrogen) atoms. The number of aromatic nitrogens is 2. The van der Waals surface area contributed by atoms with Gasteiger partial charge in [0.15, 0.2) is 0 Å². The molecule has 2 aromatic heterocycles. The zero-order chi connectivity index (χ0) is 15.6. The standard InChI is InChI=1S/C19H30N2/c1-7-20-13-19(11-16(20)5)15(4)8-9-21-12-18(14(2)3)10-17(21)6/h10-15H,7-9H2,1-6H3. The van der Waals surface area contributed by atoms with Crippen LogP contribution in [0.1, 0.15) is 68.5 Å². The second-order valence-corrected chi connectivity index (χ2v) is 6.65. The molecule has 0 amide bonds. The van der Waals surface area contributed by atoms with Crippen molar-refractivity contribution in [1.29, 1.82) is 0 Å². The minimum atomic E-state index is 0.612. The Hall–Kier alpha value is -1.44. The van der Waals surface area contributed by atoms with Crippen LogP contribution >= 0.6 is 0 Å². The van der Waals surface area contributed by atoms with Crippen LogP contribution in [-0.2, 0) is 13.1 Å². The lowest BCUT2D eigenvalue weighted by Crippen LogP contribution is -2.03. The minimum Gasteiger partial charge on any atom is -0.352 e. The van der Waals surface area contributed by atoms with Gasteiger partial charge in [0.05, 0.1) is 0 Å². The second kappa shape index (κ2) is 6.55. The second-order valence-electron chi connectivity index (χ2n) is 6.65. The van der Waals surface area contributed by atoms with Crippen LogP contribution in [0.15, 0.2) is 24.5 Å². The molecule has 0 radical (unpaired) electrons. The van der Waals surface area contributed by atoms with Gasteiger partial charge in [-0.05, 0) is 62.3 Å². The van der Waals surface area contributed by atoms with E-state index < -0.39 is 0 Å². The number of rotatable bonds is 6. The molecule has 116 valence electrons. The number of hydrogen-bond donors (Lipinski definition) is 0. The van der Waals surface area contributed by atoms with Gasteiger partial charge in [0, 0.05) is 36.9 Å². The number of aryl methyl sites for hydroxylation is 4. The predicted octanol–water partition coefficient (Wildman–Crippen LogP) is 5.24. The van der Waals surface area contributed by atoms with Gasteiger partial charge >= 0.3 is 0 Å². The molecule has 1 atom stereocenters. The Bertz CT molecular complexity index is 587. The van der Waals surface area contributed by atoms with Crippen molar-refractivity contribution >= 4 is 0 Å². The summed E-state index contributed by atoms with van der Waals surface area (Å²) in [7, 11) is 0. The molecule has 0 aliphatic rings. The van der Waals surface area contributed by atoms with E-state index in [-0.39, 0.29) is 0 Å². The normalized spacial score (nSPS) is 13.1. The molecule has 0 fully saturated rings. The van der Waals surface area contributed by atoms with E-state index in [1.54, 1.807) is 0 Å². The molecule has 0 aromatic carbocycles. The van der Waals surface area contributed by atoms with Crippen molar-refractivity contribution in [3.05, 3.63) is 47.0 Å². The zero-order valence-electron chi connectivity index (χ0n) is 14.5. The van der Waals surface area contributed by atoms with Gasteiger partial charge in [-0.2, -0.15) is 0 Å². The highest BCUT2D eigenvalue weighted by Gasteiger charge is 2.11. The third kappa shape index (κ3) is 3.61. The van der Waals surface area contributed by atoms with E-state index in [4.69, 9.17) is 0 Å². The lowest BCUT2D eigenvalue weighted by atomic mass is 10.0. The van der Waals surface area contributed by atoms with Crippen molar-refractivity contribution in [3.8, 4) is 0 Å². The smallest absolute Gasteiger partial charge is 0.0227 e. The molecular formula is C19H30N2. The molecule has 2 nitrogen and oxygen atoms in total. The first kappa shape index (κ1) is 15.9. The van der Waals surface area contributed by atoms with E-state index in [0.717, 1.165) is 13.1 Å². The van der Waals surface area contributed by atoms with Gasteiger partial charge in [-0.25, -0.2) is 0 Å². The van der Waals surface area contributed by atoms with Crippen molar-refractivity contribution in [1.82, 2.24) is 9.13 Å². The monoisotopic (exact) mass is 286 g/mol. The Balaban J connectivity index is 2.01. The summed E-state index contributed by atoms with van der Waals surface area (Å²) in [5, 5.41) is 0. The predicted molar refractivity (Wildman–Crippen MR) is 91.1 cm³/mol. The quantitative estimate of drug-likeness (QED) is 0.687. The Morgan fingerprint density at radius 1 is 0.905 bits per heavy atom. The van der Waals surface area contributed by atoms with Crippen molar-refractivity contribution in [2.24, 2.45) is 0 Å². The molecule has 0 bridgehead atoms. The molecule has 0 saturated heterocycles. The van der Waals surface area contributed by atoms with Crippen LogP contribution in [-0.4, -0.2) is 9.13 Å². The maximum absolute atomic E-state index is 2.41. The van der Waals surface area contributed by atoms with Crippen LogP contribution in [0.3, 0.4) is 0 Å². The maximum Gasteiger partial charge on any atom is 0.0227 e. The van der Waals surface area contributed by atoms with E-state index in [1.807, 2.05) is 0 Å². The fourth-order valence-electron chi connectivity index (χ4n) is 2.95. The van der Waals surface area contributed by atoms with Crippen LogP contribution < -0.4 is 0 Å². The molecule has 2 rings (SSSR count). The molecule has 0 N–H and O–H groups in total. The first-order valence-electron chi connectivity index (χ1n) is 8.25. The Morgan fingerprint density at radius 2 is 1.48 bits per heavy atom. The summed E-state index contributed by atoms with van der Waals surface area (Å²) in [5.74, 6) is 1.23. The molecule has 2 heteroatoms. The Morgan fingerprint density at radius 3 is 2.00 bits per heavy atom. The first-order chi connectivity index (χ1) is 9.92. The minimum absolute atomic E-state index is 0.612. The average molecular weight is 286 g/mol. The first-order valence-corrected chi connectivity index (χ1v) is 8.25. The molecule has 2 aromatic rings. The van der Waals surface area contributed by atoms with Crippen LogP contribution in [0.25, 0.3) is 0 Å². The molecular weight excluding hydrogens is 256 g/mol. The summed E-state index contributed by atoms with van der Waals surface area (Å²) in [4.78, 5) is 0. The zero-order valence-corrected chi connectivity index (χ0v) is 14.5. The van der Waals surface area contributed by atoms with Crippen LogP contribution in [0.4, 0.5) is 0 Å². The van der Waals surface area contributed by atoms with E-state index in [1.165, 1.54) is 28.9 Å². The highest BCUT2D eigenvalue weighted by molar-refractivity contribution is 5.22. The third-order valence-electron chi connectivity index (χ3n) is 4.65. The van der Waals surface area contributed by atoms with Crippen molar-refractivity contribution in [2.45, 2.75) is 72.9 Å². The molecule has 1 unspecified atom stereocenters. The average Bonchev–Trinajstić information content (AvgIpc) is 2.99. The number of hydrogen-bond acceptors (Lipinski definition) is 0. The van der Waals surface area contributed by atoms with E-state index >= 15 is 0 Å². The fourth-order valence-corrected chi connectivity index (χ4v) is 2.95. The summed E-state index contributed by atoms with van der Waals surface area (Å²) in [6.45, 7) is 15.7. The highest BCUT2D eigenvalue weighted by Crippen LogP contribution is 2.24. The summed E-state index contributed by atoms with van der Waals surface area (Å²) in [6.07, 6.45) is 5.84. The van der Waals surface area contributed by atoms with Gasteiger partial charge in [0.25, 0.3) is 0 Å².